The normalized spacial score (nSPS) is 15.7. The molecule has 13 heterocycles. The van der Waals surface area contributed by atoms with Gasteiger partial charge in [0.2, 0.25) is 0 Å². The number of hydrogen-bond acceptors (Lipinski definition) is 11. The van der Waals surface area contributed by atoms with Gasteiger partial charge in [-0.3, -0.25) is 9.97 Å². The third-order valence-electron chi connectivity index (χ3n) is 25.3. The lowest BCUT2D eigenvalue weighted by Gasteiger charge is -2.23. The van der Waals surface area contributed by atoms with Crippen LogP contribution in [0.15, 0.2) is 217 Å². The van der Waals surface area contributed by atoms with Crippen LogP contribution in [-0.4, -0.2) is 145 Å². The summed E-state index contributed by atoms with van der Waals surface area (Å²) in [5, 5.41) is 18.6. The number of nitrogens with zero attached hydrogens (tertiary/aromatic N) is 12. The molecule has 20 rings (SSSR count). The van der Waals surface area contributed by atoms with Gasteiger partial charge in [0.05, 0.1) is 32.5 Å². The smallest absolute Gasteiger partial charge is 0.175 e. The topological polar surface area (TPSA) is 121 Å². The highest BCUT2D eigenvalue weighted by Crippen LogP contribution is 2.40. The van der Waals surface area contributed by atoms with Crippen LogP contribution in [0.25, 0.3) is 113 Å². The van der Waals surface area contributed by atoms with Crippen molar-refractivity contribution in [3.05, 3.63) is 318 Å². The molecule has 0 fully saturated rings. The Morgan fingerprint density at radius 1 is 0.347 bits per heavy atom. The standard InChI is InChI=1S/C23H26N2O2S.C22H24N2O.C21H23N3.C20H21N3.C20H22N2S.CH4/c1-16-5-10-22-20(13-16)21-15-24(3)12-11-23(21)25(22)14-17(2)18-6-8-19(9-7-18)28(4,26)27;1-15-4-9-21-19(12-15)20-14-23(3)11-10-22(20)24(21)13-16(2)17-5-7-18(25)8-6-17;1-15-4-5-20-18(12-15)19-14-23(3)11-8-21(19)24(20)13-16(2)17-6-9-22-10-7-17;1-15(16-7-10-21-11-8-16)13-23-19-6-4-3-5-17(19)18-14-22(2)12-9-20(18)23;1-14-6-7-18-16(11-14)17-13-21(3)9-8-19(17)22(18)12-15(2)20-5-4-10-23-20;/h5-10,13-14H,11-12,15H2,1-4H3;4-9,12-13,25H,10-11,14H2,1-3H3;4-7,9-10,12-13H,8,11,14H2,1-3H3;3-8,10-11,13H,9,12,14H2,1-2H3;4-7,10-12H,8-9,13H2,1-3H3;1H4/b17-14+;16-13+;16-13-;15-13+;15-12+;. The summed E-state index contributed by atoms with van der Waals surface area (Å²) >= 11 is 1.81. The fourth-order valence-electron chi connectivity index (χ4n) is 18.5. The number of sulfone groups is 1. The van der Waals surface area contributed by atoms with Gasteiger partial charge in [0.1, 0.15) is 5.75 Å². The van der Waals surface area contributed by atoms with Crippen LogP contribution in [0.3, 0.4) is 0 Å². The van der Waals surface area contributed by atoms with Gasteiger partial charge in [-0.05, 0) is 290 Å². The largest absolute Gasteiger partial charge is 0.508 e. The fourth-order valence-corrected chi connectivity index (χ4v) is 19.9. The van der Waals surface area contributed by atoms with Crippen molar-refractivity contribution in [1.82, 2.24) is 57.3 Å². The van der Waals surface area contributed by atoms with Crippen molar-refractivity contribution in [2.45, 2.75) is 139 Å². The number of phenols is 1. The maximum atomic E-state index is 11.7. The van der Waals surface area contributed by atoms with Crippen LogP contribution in [-0.2, 0) is 74.7 Å². The van der Waals surface area contributed by atoms with Gasteiger partial charge in [-0.25, -0.2) is 8.42 Å². The second-order valence-electron chi connectivity index (χ2n) is 34.9. The van der Waals surface area contributed by atoms with Crippen LogP contribution in [0, 0.1) is 27.7 Å². The number of rotatable bonds is 11. The van der Waals surface area contributed by atoms with Crippen molar-refractivity contribution in [3.8, 4) is 5.75 Å². The van der Waals surface area contributed by atoms with Crippen molar-refractivity contribution in [2.75, 3.05) is 74.2 Å². The summed E-state index contributed by atoms with van der Waals surface area (Å²) in [5.74, 6) is 0.304. The molecule has 0 bridgehead atoms. The number of aryl methyl sites for hydroxylation is 4. The number of benzene rings is 7. The van der Waals surface area contributed by atoms with Crippen LogP contribution < -0.4 is 0 Å². The highest BCUT2D eigenvalue weighted by Gasteiger charge is 2.28. The number of thiophene rings is 1. The highest BCUT2D eigenvalue weighted by atomic mass is 32.2. The highest BCUT2D eigenvalue weighted by molar-refractivity contribution is 7.90. The van der Waals surface area contributed by atoms with Crippen molar-refractivity contribution in [2.24, 2.45) is 0 Å². The summed E-state index contributed by atoms with van der Waals surface area (Å²) in [6.07, 6.45) is 25.4. The number of fused-ring (bicyclic) bond motifs is 15. The summed E-state index contributed by atoms with van der Waals surface area (Å²) in [4.78, 5) is 21.9. The number of likely N-dealkylation sites (N-methyl/N-ethyl adjacent to an activating group) is 5. The van der Waals surface area contributed by atoms with Crippen LogP contribution in [0.1, 0.15) is 148 Å². The van der Waals surface area contributed by atoms with Crippen LogP contribution in [0.5, 0.6) is 5.75 Å². The van der Waals surface area contributed by atoms with Crippen LogP contribution in [0.4, 0.5) is 0 Å². The van der Waals surface area contributed by atoms with Gasteiger partial charge >= 0.3 is 0 Å². The molecule has 0 atom stereocenters. The fraction of sp³-hybridized carbons (Fsp3) is 0.290. The molecule has 17 heteroatoms. The molecule has 8 aromatic heterocycles. The van der Waals surface area contributed by atoms with E-state index in [2.05, 4.69) is 325 Å². The lowest BCUT2D eigenvalue weighted by Crippen LogP contribution is -2.26. The Balaban J connectivity index is 0.000000120. The summed E-state index contributed by atoms with van der Waals surface area (Å²) in [6.45, 7) is 30.0. The van der Waals surface area contributed by atoms with Gasteiger partial charge in [0.15, 0.2) is 9.84 Å². The molecule has 0 spiro atoms. The van der Waals surface area contributed by atoms with E-state index in [1.54, 1.807) is 24.3 Å². The zero-order valence-electron chi connectivity index (χ0n) is 74.1. The van der Waals surface area contributed by atoms with Gasteiger partial charge in [-0.2, -0.15) is 0 Å². The minimum absolute atomic E-state index is 0. The minimum atomic E-state index is -3.17. The molecule has 5 aliphatic heterocycles. The Hall–Kier alpha value is -11.5. The Morgan fingerprint density at radius 3 is 0.935 bits per heavy atom. The van der Waals surface area contributed by atoms with Gasteiger partial charge in [0.25, 0.3) is 0 Å². The molecular weight excluding hydrogens is 1570 g/mol. The monoisotopic (exact) mass is 1680 g/mol. The number of aromatic hydroxyl groups is 1. The molecule has 15 nitrogen and oxygen atoms in total. The number of aromatic nitrogens is 7. The molecule has 638 valence electrons. The maximum Gasteiger partial charge on any atom is 0.175 e. The second-order valence-corrected chi connectivity index (χ2v) is 37.8. The summed E-state index contributed by atoms with van der Waals surface area (Å²) in [5.41, 5.74) is 37.0. The molecule has 124 heavy (non-hydrogen) atoms. The molecule has 0 amide bonds. The molecule has 15 aromatic rings. The van der Waals surface area contributed by atoms with Crippen molar-refractivity contribution >= 4 is 135 Å². The van der Waals surface area contributed by atoms with Crippen molar-refractivity contribution in [3.63, 3.8) is 0 Å². The average Bonchev–Trinajstić information content (AvgIpc) is 1.64. The molecular formula is C107H120N12O3S2. The first-order chi connectivity index (χ1) is 59.3. The molecule has 5 aliphatic rings. The van der Waals surface area contributed by atoms with Gasteiger partial charge < -0.3 is 52.4 Å². The van der Waals surface area contributed by atoms with E-state index in [1.807, 2.05) is 60.4 Å². The predicted octanol–water partition coefficient (Wildman–Crippen LogP) is 23.1. The van der Waals surface area contributed by atoms with Gasteiger partial charge in [0, 0.05) is 220 Å². The van der Waals surface area contributed by atoms with E-state index >= 15 is 0 Å². The number of allylic oxidation sites excluding steroid dienone is 5. The number of para-hydroxylation sites is 1. The summed E-state index contributed by atoms with van der Waals surface area (Å²) < 4.78 is 35.4. The zero-order valence-corrected chi connectivity index (χ0v) is 75.8. The van der Waals surface area contributed by atoms with E-state index < -0.39 is 9.84 Å². The number of phenolic OH excluding ortho intramolecular Hbond substituents is 1. The maximum absolute atomic E-state index is 11.7. The van der Waals surface area contributed by atoms with E-state index in [-0.39, 0.29) is 7.43 Å². The Labute approximate surface area is 737 Å². The second kappa shape index (κ2) is 37.5. The van der Waals surface area contributed by atoms with E-state index in [9.17, 15) is 13.5 Å². The average molecular weight is 1690 g/mol. The first-order valence-electron chi connectivity index (χ1n) is 43.2. The lowest BCUT2D eigenvalue weighted by molar-refractivity contribution is 0.312. The van der Waals surface area contributed by atoms with Crippen molar-refractivity contribution < 1.29 is 13.5 Å². The number of pyridine rings is 2. The molecule has 7 aromatic carbocycles. The predicted molar refractivity (Wildman–Crippen MR) is 525 cm³/mol. The first-order valence-corrected chi connectivity index (χ1v) is 45.9. The summed E-state index contributed by atoms with van der Waals surface area (Å²) in [6, 6.07) is 63.0. The van der Waals surface area contributed by atoms with Crippen LogP contribution in [0.2, 0.25) is 0 Å². The molecule has 0 unspecified atom stereocenters. The lowest BCUT2D eigenvalue weighted by atomic mass is 10.0. The molecule has 0 saturated heterocycles. The molecule has 0 aliphatic carbocycles. The zero-order chi connectivity index (χ0) is 86.1. The molecule has 1 N–H and O–H groups in total. The molecule has 0 radical (unpaired) electrons. The summed E-state index contributed by atoms with van der Waals surface area (Å²) in [7, 11) is 7.82. The SMILES string of the molecule is C.C/C(=C/n1c2c(c3cc(C)ccc31)CN(C)CC2)c1ccncc1.C/C(=C\n1c2c(c3cc(C)ccc31)CN(C)CC2)c1ccc(O)cc1.C/C(=C\n1c2c(c3cc(C)ccc31)CN(C)CC2)c1ccc(S(C)(=O)=O)cc1.C/C(=C\n1c2c(c3cc(C)ccc31)CN(C)CC2)c1cccs1.C/C(=C\n1c2c(c3ccccc31)CN(C)CC2)c1ccncc1. The Kier molecular flexibility index (Phi) is 26.4. The third-order valence-corrected chi connectivity index (χ3v) is 27.4. The van der Waals surface area contributed by atoms with Crippen molar-refractivity contribution in [1.29, 1.82) is 0 Å². The number of hydrogen-bond donors (Lipinski definition) is 1. The minimum Gasteiger partial charge on any atom is -0.508 e. The van der Waals surface area contributed by atoms with E-state index in [0.29, 0.717) is 10.6 Å². The van der Waals surface area contributed by atoms with Gasteiger partial charge in [-0.1, -0.05) is 102 Å². The Bertz CT molecular complexity index is 6710. The molecule has 0 saturated carbocycles. The van der Waals surface area contributed by atoms with Gasteiger partial charge in [-0.15, -0.1) is 11.3 Å². The van der Waals surface area contributed by atoms with E-state index in [4.69, 9.17) is 0 Å². The Morgan fingerprint density at radius 2 is 0.629 bits per heavy atom. The third kappa shape index (κ3) is 18.8. The first kappa shape index (κ1) is 87.4. The van der Waals surface area contributed by atoms with Crippen LogP contribution >= 0.6 is 11.3 Å². The van der Waals surface area contributed by atoms with E-state index in [0.717, 1.165) is 114 Å². The van der Waals surface area contributed by atoms with E-state index in [1.165, 1.54) is 178 Å². The quantitative estimate of drug-likeness (QED) is 0.134.